The molecule has 2 aliphatic heterocycles. The van der Waals surface area contributed by atoms with Crippen LogP contribution in [0.5, 0.6) is 0 Å². The van der Waals surface area contributed by atoms with Crippen LogP contribution in [0.1, 0.15) is 16.8 Å². The molecular weight excluding hydrogens is 333 g/mol. The zero-order valence-electron chi connectivity index (χ0n) is 13.9. The minimum absolute atomic E-state index is 0.226. The van der Waals surface area contributed by atoms with Crippen molar-refractivity contribution in [3.05, 3.63) is 71.2 Å². The number of para-hydroxylation sites is 1. The number of rotatable bonds is 2. The third-order valence-corrected chi connectivity index (χ3v) is 5.34. The Morgan fingerprint density at radius 3 is 2.65 bits per heavy atom. The van der Waals surface area contributed by atoms with Crippen LogP contribution in [0.4, 0.5) is 9.18 Å². The van der Waals surface area contributed by atoms with E-state index in [1.807, 2.05) is 18.2 Å². The van der Waals surface area contributed by atoms with E-state index in [4.69, 9.17) is 0 Å². The van der Waals surface area contributed by atoms with E-state index in [0.29, 0.717) is 19.5 Å². The lowest BCUT2D eigenvalue weighted by Crippen LogP contribution is -2.40. The Morgan fingerprint density at radius 1 is 1.08 bits per heavy atom. The molecule has 0 spiro atoms. The lowest BCUT2D eigenvalue weighted by atomic mass is 9.97. The summed E-state index contributed by atoms with van der Waals surface area (Å²) in [6.07, 6.45) is 0.518. The summed E-state index contributed by atoms with van der Waals surface area (Å²) in [5.74, 6) is -0.487. The van der Waals surface area contributed by atoms with Crippen LogP contribution in [0.3, 0.4) is 0 Å². The van der Waals surface area contributed by atoms with Crippen LogP contribution in [-0.2, 0) is 24.3 Å². The second-order valence-electron chi connectivity index (χ2n) is 6.80. The number of aromatic nitrogens is 1. The van der Waals surface area contributed by atoms with Gasteiger partial charge in [-0.3, -0.25) is 10.1 Å². The fraction of sp³-hybridized carbons (Fsp3) is 0.200. The number of nitrogens with zero attached hydrogens (tertiary/aromatic N) is 2. The fourth-order valence-corrected chi connectivity index (χ4v) is 4.07. The van der Waals surface area contributed by atoms with E-state index in [2.05, 4.69) is 16.0 Å². The normalized spacial score (nSPS) is 18.8. The molecule has 3 amide bonds. The quantitative estimate of drug-likeness (QED) is 0.724. The van der Waals surface area contributed by atoms with Crippen LogP contribution in [0.15, 0.2) is 48.5 Å². The zero-order valence-corrected chi connectivity index (χ0v) is 13.9. The SMILES string of the molecule is O=C1NC(=O)N2Cc3c(c4ccccc4n3Cc3ccc(F)cc3)C[C@@H]12. The van der Waals surface area contributed by atoms with Gasteiger partial charge in [0.1, 0.15) is 11.9 Å². The van der Waals surface area contributed by atoms with Crippen molar-refractivity contribution < 1.29 is 14.0 Å². The molecule has 0 radical (unpaired) electrons. The number of nitrogens with one attached hydrogen (secondary N) is 1. The highest BCUT2D eigenvalue weighted by Gasteiger charge is 2.43. The first kappa shape index (κ1) is 15.1. The van der Waals surface area contributed by atoms with Crippen molar-refractivity contribution in [1.82, 2.24) is 14.8 Å². The Labute approximate surface area is 149 Å². The molecule has 0 saturated carbocycles. The van der Waals surface area contributed by atoms with E-state index in [1.54, 1.807) is 17.0 Å². The van der Waals surface area contributed by atoms with Gasteiger partial charge in [-0.2, -0.15) is 0 Å². The standard InChI is InChI=1S/C20H16FN3O2/c21-13-7-5-12(6-8-13)10-23-16-4-2-1-3-14(16)15-9-17-19(25)22-20(26)24(17)11-18(15)23/h1-8,17H,9-11H2,(H,22,25,26)/t17-/m0/s1. The van der Waals surface area contributed by atoms with Crippen molar-refractivity contribution in [2.24, 2.45) is 0 Å². The number of amides is 3. The highest BCUT2D eigenvalue weighted by molar-refractivity contribution is 6.05. The van der Waals surface area contributed by atoms with E-state index in [0.717, 1.165) is 27.7 Å². The average Bonchev–Trinajstić information content (AvgIpc) is 3.10. The van der Waals surface area contributed by atoms with Crippen LogP contribution in [-0.4, -0.2) is 27.4 Å². The van der Waals surface area contributed by atoms with Gasteiger partial charge in [-0.05, 0) is 29.3 Å². The number of carbonyl (C=O) groups excluding carboxylic acids is 2. The highest BCUT2D eigenvalue weighted by atomic mass is 19.1. The molecule has 26 heavy (non-hydrogen) atoms. The highest BCUT2D eigenvalue weighted by Crippen LogP contribution is 2.35. The van der Waals surface area contributed by atoms with E-state index in [-0.39, 0.29) is 17.8 Å². The number of fused-ring (bicyclic) bond motifs is 4. The van der Waals surface area contributed by atoms with E-state index in [1.165, 1.54) is 12.1 Å². The molecule has 0 unspecified atom stereocenters. The molecule has 2 aromatic carbocycles. The Morgan fingerprint density at radius 2 is 1.85 bits per heavy atom. The van der Waals surface area contributed by atoms with Gasteiger partial charge in [0, 0.05) is 29.6 Å². The molecule has 2 aliphatic rings. The zero-order chi connectivity index (χ0) is 17.8. The number of halogens is 1. The summed E-state index contributed by atoms with van der Waals surface area (Å²) < 4.78 is 15.4. The van der Waals surface area contributed by atoms with E-state index < -0.39 is 6.04 Å². The smallest absolute Gasteiger partial charge is 0.325 e. The van der Waals surface area contributed by atoms with Crippen molar-refractivity contribution in [3.63, 3.8) is 0 Å². The number of hydrogen-bond acceptors (Lipinski definition) is 2. The second-order valence-corrected chi connectivity index (χ2v) is 6.80. The molecule has 130 valence electrons. The summed E-state index contributed by atoms with van der Waals surface area (Å²) in [6, 6.07) is 13.8. The first-order valence-electron chi connectivity index (χ1n) is 8.57. The third kappa shape index (κ3) is 2.15. The minimum atomic E-state index is -0.430. The maximum absolute atomic E-state index is 13.2. The van der Waals surface area contributed by atoms with Gasteiger partial charge in [-0.15, -0.1) is 0 Å². The summed E-state index contributed by atoms with van der Waals surface area (Å²) >= 11 is 0. The van der Waals surface area contributed by atoms with Crippen molar-refractivity contribution in [1.29, 1.82) is 0 Å². The van der Waals surface area contributed by atoms with Crippen LogP contribution in [0, 0.1) is 5.82 Å². The van der Waals surface area contributed by atoms with Crippen molar-refractivity contribution in [3.8, 4) is 0 Å². The number of carbonyl (C=O) groups is 2. The maximum Gasteiger partial charge on any atom is 0.325 e. The number of hydrogen-bond donors (Lipinski definition) is 1. The van der Waals surface area contributed by atoms with Gasteiger partial charge >= 0.3 is 6.03 Å². The lowest BCUT2D eigenvalue weighted by Gasteiger charge is -2.28. The Bertz CT molecular complexity index is 1050. The van der Waals surface area contributed by atoms with Crippen molar-refractivity contribution in [2.75, 3.05) is 0 Å². The molecule has 1 saturated heterocycles. The second kappa shape index (κ2) is 5.42. The maximum atomic E-state index is 13.2. The molecule has 5 nitrogen and oxygen atoms in total. The number of imide groups is 1. The molecule has 1 aromatic heterocycles. The Balaban J connectivity index is 1.65. The van der Waals surface area contributed by atoms with Gasteiger partial charge < -0.3 is 9.47 Å². The summed E-state index contributed by atoms with van der Waals surface area (Å²) in [7, 11) is 0. The van der Waals surface area contributed by atoms with Gasteiger partial charge in [0.2, 0.25) is 0 Å². The molecule has 5 rings (SSSR count). The Hall–Kier alpha value is -3.15. The van der Waals surface area contributed by atoms with E-state index >= 15 is 0 Å². The van der Waals surface area contributed by atoms with Crippen LogP contribution in [0.2, 0.25) is 0 Å². The summed E-state index contributed by atoms with van der Waals surface area (Å²) in [5, 5.41) is 3.51. The minimum Gasteiger partial charge on any atom is -0.338 e. The van der Waals surface area contributed by atoms with Gasteiger partial charge in [-0.1, -0.05) is 30.3 Å². The number of urea groups is 1. The molecule has 6 heteroatoms. The summed E-state index contributed by atoms with van der Waals surface area (Å²) in [5.41, 5.74) is 4.21. The predicted octanol–water partition coefficient (Wildman–Crippen LogP) is 2.81. The lowest BCUT2D eigenvalue weighted by molar-refractivity contribution is -0.121. The van der Waals surface area contributed by atoms with Gasteiger partial charge in [-0.25, -0.2) is 9.18 Å². The van der Waals surface area contributed by atoms with Gasteiger partial charge in [0.05, 0.1) is 6.54 Å². The van der Waals surface area contributed by atoms with Crippen molar-refractivity contribution in [2.45, 2.75) is 25.6 Å². The van der Waals surface area contributed by atoms with Crippen LogP contribution < -0.4 is 5.32 Å². The van der Waals surface area contributed by atoms with Gasteiger partial charge in [0.15, 0.2) is 0 Å². The molecule has 1 N–H and O–H groups in total. The number of benzene rings is 2. The molecule has 3 heterocycles. The average molecular weight is 349 g/mol. The fourth-order valence-electron chi connectivity index (χ4n) is 4.07. The first-order chi connectivity index (χ1) is 12.6. The largest absolute Gasteiger partial charge is 0.338 e. The van der Waals surface area contributed by atoms with Gasteiger partial charge in [0.25, 0.3) is 5.91 Å². The van der Waals surface area contributed by atoms with Crippen LogP contribution >= 0.6 is 0 Å². The monoisotopic (exact) mass is 349 g/mol. The molecule has 0 bridgehead atoms. The molecule has 3 aromatic rings. The Kier molecular flexibility index (Phi) is 3.16. The molecule has 1 fully saturated rings. The molecule has 0 aliphatic carbocycles. The predicted molar refractivity (Wildman–Crippen MR) is 94.0 cm³/mol. The topological polar surface area (TPSA) is 54.3 Å². The van der Waals surface area contributed by atoms with Crippen LogP contribution in [0.25, 0.3) is 10.9 Å². The first-order valence-corrected chi connectivity index (χ1v) is 8.57. The molecular formula is C20H16FN3O2. The third-order valence-electron chi connectivity index (χ3n) is 5.34. The molecule has 1 atom stereocenters. The summed E-state index contributed by atoms with van der Waals surface area (Å²) in [4.78, 5) is 25.8. The summed E-state index contributed by atoms with van der Waals surface area (Å²) in [6.45, 7) is 0.984. The van der Waals surface area contributed by atoms with Crippen molar-refractivity contribution >= 4 is 22.8 Å². The van der Waals surface area contributed by atoms with E-state index in [9.17, 15) is 14.0 Å².